The molecule has 0 fully saturated rings. The van der Waals surface area contributed by atoms with Crippen molar-refractivity contribution in [1.29, 1.82) is 0 Å². The van der Waals surface area contributed by atoms with Crippen molar-refractivity contribution >= 4 is 0 Å². The summed E-state index contributed by atoms with van der Waals surface area (Å²) < 4.78 is 5.43. The highest BCUT2D eigenvalue weighted by atomic mass is 16.5. The minimum Gasteiger partial charge on any atom is -0.493 e. The lowest BCUT2D eigenvalue weighted by atomic mass is 10.1. The van der Waals surface area contributed by atoms with Gasteiger partial charge in [0.25, 0.3) is 0 Å². The van der Waals surface area contributed by atoms with Gasteiger partial charge in [-0.2, -0.15) is 0 Å². The Balaban J connectivity index is 2.02. The third kappa shape index (κ3) is 1.89. The number of benzene rings is 1. The van der Waals surface area contributed by atoms with Crippen molar-refractivity contribution in [2.75, 3.05) is 13.2 Å². The molecule has 1 N–H and O–H groups in total. The van der Waals surface area contributed by atoms with Gasteiger partial charge in [0.1, 0.15) is 5.75 Å². The van der Waals surface area contributed by atoms with E-state index in [2.05, 4.69) is 23.4 Å². The van der Waals surface area contributed by atoms with Gasteiger partial charge in [0, 0.05) is 13.0 Å². The van der Waals surface area contributed by atoms with Gasteiger partial charge < -0.3 is 10.1 Å². The summed E-state index contributed by atoms with van der Waals surface area (Å²) in [5.41, 5.74) is 2.58. The van der Waals surface area contributed by atoms with E-state index in [4.69, 9.17) is 11.2 Å². The summed E-state index contributed by atoms with van der Waals surface area (Å²) >= 11 is 0. The van der Waals surface area contributed by atoms with Crippen LogP contribution in [0.25, 0.3) is 0 Å². The smallest absolute Gasteiger partial charge is 0.122 e. The van der Waals surface area contributed by atoms with Crippen molar-refractivity contribution in [2.24, 2.45) is 0 Å². The van der Waals surface area contributed by atoms with Gasteiger partial charge in [0.15, 0.2) is 0 Å². The van der Waals surface area contributed by atoms with E-state index in [0.29, 0.717) is 6.54 Å². The molecule has 0 amide bonds. The van der Waals surface area contributed by atoms with Crippen molar-refractivity contribution in [3.05, 3.63) is 29.3 Å². The lowest BCUT2D eigenvalue weighted by Gasteiger charge is -2.03. The Kier molecular flexibility index (Phi) is 2.71. The molecule has 1 aliphatic rings. The molecule has 0 radical (unpaired) electrons. The van der Waals surface area contributed by atoms with Crippen LogP contribution < -0.4 is 10.1 Å². The molecule has 14 heavy (non-hydrogen) atoms. The van der Waals surface area contributed by atoms with E-state index in [-0.39, 0.29) is 0 Å². The number of hydrogen-bond acceptors (Lipinski definition) is 2. The zero-order valence-corrected chi connectivity index (χ0v) is 8.05. The Morgan fingerprint density at radius 1 is 1.50 bits per heavy atom. The average molecular weight is 187 g/mol. The fraction of sp³-hybridized carbons (Fsp3) is 0.333. The van der Waals surface area contributed by atoms with E-state index in [1.165, 1.54) is 11.1 Å². The van der Waals surface area contributed by atoms with Gasteiger partial charge in [-0.15, -0.1) is 6.42 Å². The van der Waals surface area contributed by atoms with Gasteiger partial charge in [-0.3, -0.25) is 0 Å². The van der Waals surface area contributed by atoms with Crippen LogP contribution in [0.2, 0.25) is 0 Å². The maximum Gasteiger partial charge on any atom is 0.122 e. The van der Waals surface area contributed by atoms with Crippen LogP contribution >= 0.6 is 0 Å². The first-order valence-electron chi connectivity index (χ1n) is 4.79. The molecule has 0 unspecified atom stereocenters. The third-order valence-corrected chi connectivity index (χ3v) is 2.31. The van der Waals surface area contributed by atoms with Gasteiger partial charge in [-0.1, -0.05) is 18.1 Å². The Morgan fingerprint density at radius 2 is 2.43 bits per heavy atom. The van der Waals surface area contributed by atoms with Crippen LogP contribution in [-0.4, -0.2) is 13.2 Å². The minimum atomic E-state index is 0.619. The van der Waals surface area contributed by atoms with E-state index < -0.39 is 0 Å². The number of fused-ring (bicyclic) bond motifs is 1. The molecule has 2 nitrogen and oxygen atoms in total. The van der Waals surface area contributed by atoms with E-state index >= 15 is 0 Å². The predicted octanol–water partition coefficient (Wildman–Crippen LogP) is 1.34. The molecule has 0 aromatic heterocycles. The second kappa shape index (κ2) is 4.17. The van der Waals surface area contributed by atoms with Gasteiger partial charge in [0.2, 0.25) is 0 Å². The Labute approximate surface area is 84.3 Å². The zero-order chi connectivity index (χ0) is 9.80. The number of nitrogens with one attached hydrogen (secondary N) is 1. The normalized spacial score (nSPS) is 13.1. The van der Waals surface area contributed by atoms with Crippen LogP contribution in [0.5, 0.6) is 5.75 Å². The lowest BCUT2D eigenvalue weighted by molar-refractivity contribution is 0.357. The molecule has 0 atom stereocenters. The maximum atomic E-state index is 5.43. The van der Waals surface area contributed by atoms with Crippen molar-refractivity contribution < 1.29 is 4.74 Å². The molecule has 1 heterocycles. The summed E-state index contributed by atoms with van der Waals surface area (Å²) in [6.45, 7) is 2.27. The molecule has 0 aliphatic carbocycles. The molecule has 1 aliphatic heterocycles. The second-order valence-corrected chi connectivity index (χ2v) is 3.35. The fourth-order valence-corrected chi connectivity index (χ4v) is 1.63. The van der Waals surface area contributed by atoms with E-state index in [9.17, 15) is 0 Å². The summed E-state index contributed by atoms with van der Waals surface area (Å²) in [6, 6.07) is 6.30. The first-order valence-corrected chi connectivity index (χ1v) is 4.79. The van der Waals surface area contributed by atoms with Crippen LogP contribution in [0.4, 0.5) is 0 Å². The van der Waals surface area contributed by atoms with E-state index in [1.54, 1.807) is 0 Å². The van der Waals surface area contributed by atoms with Gasteiger partial charge in [-0.25, -0.2) is 0 Å². The Morgan fingerprint density at radius 3 is 3.29 bits per heavy atom. The number of rotatable bonds is 3. The first-order chi connectivity index (χ1) is 6.90. The molecular formula is C12H13NO. The highest BCUT2D eigenvalue weighted by Crippen LogP contribution is 2.25. The zero-order valence-electron chi connectivity index (χ0n) is 8.05. The molecular weight excluding hydrogens is 174 g/mol. The van der Waals surface area contributed by atoms with Gasteiger partial charge >= 0.3 is 0 Å². The molecule has 0 bridgehead atoms. The van der Waals surface area contributed by atoms with Crippen molar-refractivity contribution in [2.45, 2.75) is 13.0 Å². The van der Waals surface area contributed by atoms with Crippen molar-refractivity contribution in [1.82, 2.24) is 5.32 Å². The van der Waals surface area contributed by atoms with Crippen molar-refractivity contribution in [3.8, 4) is 18.1 Å². The summed E-state index contributed by atoms with van der Waals surface area (Å²) in [5, 5.41) is 3.17. The number of hydrogen-bond donors (Lipinski definition) is 1. The van der Waals surface area contributed by atoms with E-state index in [1.807, 2.05) is 6.07 Å². The summed E-state index contributed by atoms with van der Waals surface area (Å²) in [6.07, 6.45) is 6.18. The molecule has 72 valence electrons. The number of terminal acetylenes is 1. The fourth-order valence-electron chi connectivity index (χ4n) is 1.63. The minimum absolute atomic E-state index is 0.619. The largest absolute Gasteiger partial charge is 0.493 e. The van der Waals surface area contributed by atoms with Crippen molar-refractivity contribution in [3.63, 3.8) is 0 Å². The first kappa shape index (κ1) is 9.11. The monoisotopic (exact) mass is 187 g/mol. The molecule has 0 saturated heterocycles. The molecule has 1 aromatic rings. The van der Waals surface area contributed by atoms with Crippen LogP contribution in [0.3, 0.4) is 0 Å². The topological polar surface area (TPSA) is 21.3 Å². The quantitative estimate of drug-likeness (QED) is 0.569. The maximum absolute atomic E-state index is 5.43. The van der Waals surface area contributed by atoms with Crippen LogP contribution in [0.1, 0.15) is 11.1 Å². The Hall–Kier alpha value is -1.46. The van der Waals surface area contributed by atoms with Crippen LogP contribution in [0.15, 0.2) is 18.2 Å². The highest BCUT2D eigenvalue weighted by molar-refractivity contribution is 5.39. The Bertz CT molecular complexity index is 365. The second-order valence-electron chi connectivity index (χ2n) is 3.35. The van der Waals surface area contributed by atoms with Crippen LogP contribution in [0, 0.1) is 12.3 Å². The average Bonchev–Trinajstić information content (AvgIpc) is 2.65. The summed E-state index contributed by atoms with van der Waals surface area (Å²) in [7, 11) is 0. The summed E-state index contributed by atoms with van der Waals surface area (Å²) in [5.74, 6) is 3.59. The SMILES string of the molecule is C#CCNCc1ccc2c(c1)CCO2. The highest BCUT2D eigenvalue weighted by Gasteiger charge is 2.11. The molecule has 2 heteroatoms. The summed E-state index contributed by atoms with van der Waals surface area (Å²) in [4.78, 5) is 0. The van der Waals surface area contributed by atoms with Crippen LogP contribution in [-0.2, 0) is 13.0 Å². The van der Waals surface area contributed by atoms with E-state index in [0.717, 1.165) is 25.3 Å². The standard InChI is InChI=1S/C12H13NO/c1-2-6-13-9-10-3-4-12-11(8-10)5-7-14-12/h1,3-4,8,13H,5-7,9H2. The van der Waals surface area contributed by atoms with Gasteiger partial charge in [-0.05, 0) is 17.2 Å². The third-order valence-electron chi connectivity index (χ3n) is 2.31. The lowest BCUT2D eigenvalue weighted by Crippen LogP contribution is -2.12. The number of ether oxygens (including phenoxy) is 1. The predicted molar refractivity (Wildman–Crippen MR) is 56.2 cm³/mol. The molecule has 0 saturated carbocycles. The molecule has 1 aromatic carbocycles. The van der Waals surface area contributed by atoms with Gasteiger partial charge in [0.05, 0.1) is 13.2 Å². The molecule has 0 spiro atoms. The molecule has 2 rings (SSSR count).